The number of aliphatic hydroxyl groups is 1. The molecule has 0 radical (unpaired) electrons. The molecule has 0 aliphatic rings. The first-order valence-electron chi connectivity index (χ1n) is 7.09. The third-order valence-corrected chi connectivity index (χ3v) is 3.85. The lowest BCUT2D eigenvalue weighted by Crippen LogP contribution is -2.20. The zero-order valence-electron chi connectivity index (χ0n) is 12.5. The van der Waals surface area contributed by atoms with E-state index in [1.807, 2.05) is 24.3 Å². The lowest BCUT2D eigenvalue weighted by molar-refractivity contribution is 0.169. The lowest BCUT2D eigenvalue weighted by atomic mass is 10.0. The summed E-state index contributed by atoms with van der Waals surface area (Å²) in [4.78, 5) is 2.17. The van der Waals surface area contributed by atoms with Gasteiger partial charge in [-0.3, -0.25) is 0 Å². The van der Waals surface area contributed by atoms with Crippen molar-refractivity contribution in [2.24, 2.45) is 0 Å². The largest absolute Gasteiger partial charge is 0.388 e. The molecule has 0 aliphatic carbocycles. The molecule has 0 aromatic heterocycles. The summed E-state index contributed by atoms with van der Waals surface area (Å²) in [7, 11) is 2.06. The van der Waals surface area contributed by atoms with E-state index in [0.717, 1.165) is 18.5 Å². The van der Waals surface area contributed by atoms with Crippen LogP contribution in [0.5, 0.6) is 0 Å². The molecule has 0 amide bonds. The Bertz CT molecular complexity index is 551. The fourth-order valence-electron chi connectivity index (χ4n) is 2.27. The van der Waals surface area contributed by atoms with Crippen LogP contribution in [0, 0.1) is 13.8 Å². The Labute approximate surface area is 121 Å². The van der Waals surface area contributed by atoms with Gasteiger partial charge in [-0.2, -0.15) is 0 Å². The predicted octanol–water partition coefficient (Wildman–Crippen LogP) is 3.86. The number of anilines is 1. The first kappa shape index (κ1) is 14.6. The molecule has 1 N–H and O–H groups in total. The number of aryl methyl sites for hydroxylation is 2. The van der Waals surface area contributed by atoms with Crippen molar-refractivity contribution in [2.45, 2.75) is 26.4 Å². The van der Waals surface area contributed by atoms with Gasteiger partial charge < -0.3 is 10.0 Å². The second-order valence-corrected chi connectivity index (χ2v) is 5.41. The van der Waals surface area contributed by atoms with Crippen molar-refractivity contribution in [3.8, 4) is 0 Å². The Kier molecular flexibility index (Phi) is 4.80. The van der Waals surface area contributed by atoms with Crippen molar-refractivity contribution in [1.82, 2.24) is 0 Å². The van der Waals surface area contributed by atoms with E-state index in [9.17, 15) is 5.11 Å². The van der Waals surface area contributed by atoms with Crippen molar-refractivity contribution in [2.75, 3.05) is 18.5 Å². The van der Waals surface area contributed by atoms with Gasteiger partial charge in [0.25, 0.3) is 0 Å². The zero-order chi connectivity index (χ0) is 14.5. The summed E-state index contributed by atoms with van der Waals surface area (Å²) in [5.74, 6) is 0. The van der Waals surface area contributed by atoms with Gasteiger partial charge in [0, 0.05) is 19.3 Å². The van der Waals surface area contributed by atoms with Gasteiger partial charge >= 0.3 is 0 Å². The van der Waals surface area contributed by atoms with E-state index in [1.54, 1.807) is 0 Å². The Morgan fingerprint density at radius 2 is 1.70 bits per heavy atom. The van der Waals surface area contributed by atoms with Gasteiger partial charge in [0.1, 0.15) is 0 Å². The molecule has 20 heavy (non-hydrogen) atoms. The van der Waals surface area contributed by atoms with Gasteiger partial charge in [-0.05, 0) is 49.1 Å². The Morgan fingerprint density at radius 1 is 1.00 bits per heavy atom. The minimum atomic E-state index is -0.402. The average molecular weight is 269 g/mol. The molecule has 2 aromatic carbocycles. The fourth-order valence-corrected chi connectivity index (χ4v) is 2.27. The summed E-state index contributed by atoms with van der Waals surface area (Å²) < 4.78 is 0. The van der Waals surface area contributed by atoms with Crippen LogP contribution in [-0.4, -0.2) is 18.7 Å². The first-order valence-corrected chi connectivity index (χ1v) is 7.09. The van der Waals surface area contributed by atoms with Crippen LogP contribution in [-0.2, 0) is 0 Å². The third-order valence-electron chi connectivity index (χ3n) is 3.85. The molecule has 0 fully saturated rings. The maximum atomic E-state index is 10.3. The van der Waals surface area contributed by atoms with Gasteiger partial charge in [-0.25, -0.2) is 0 Å². The van der Waals surface area contributed by atoms with E-state index in [-0.39, 0.29) is 0 Å². The maximum absolute atomic E-state index is 10.3. The molecule has 0 aliphatic heterocycles. The van der Waals surface area contributed by atoms with Gasteiger partial charge in [0.15, 0.2) is 0 Å². The van der Waals surface area contributed by atoms with Crippen LogP contribution in [0.15, 0.2) is 48.5 Å². The number of hydrogen-bond donors (Lipinski definition) is 1. The molecule has 106 valence electrons. The minimum absolute atomic E-state index is 0.402. The topological polar surface area (TPSA) is 23.5 Å². The molecule has 2 nitrogen and oxygen atoms in total. The summed E-state index contributed by atoms with van der Waals surface area (Å²) in [5.41, 5.74) is 4.69. The van der Waals surface area contributed by atoms with Crippen molar-refractivity contribution in [3.05, 3.63) is 65.2 Å². The van der Waals surface area contributed by atoms with E-state index < -0.39 is 6.10 Å². The highest BCUT2D eigenvalue weighted by Gasteiger charge is 2.10. The summed E-state index contributed by atoms with van der Waals surface area (Å²) >= 11 is 0. The number of hydrogen-bond acceptors (Lipinski definition) is 2. The molecule has 0 bridgehead atoms. The Hall–Kier alpha value is -1.80. The summed E-state index contributed by atoms with van der Waals surface area (Å²) in [6, 6.07) is 16.4. The number of nitrogens with zero attached hydrogens (tertiary/aromatic N) is 1. The SMILES string of the molecule is Cc1ccc(C(O)CCN(C)c2ccccc2)cc1C. The van der Waals surface area contributed by atoms with Crippen molar-refractivity contribution < 1.29 is 5.11 Å². The van der Waals surface area contributed by atoms with E-state index in [2.05, 4.69) is 50.1 Å². The standard InChI is InChI=1S/C18H23NO/c1-14-9-10-16(13-15(14)2)18(20)11-12-19(3)17-7-5-4-6-8-17/h4-10,13,18,20H,11-12H2,1-3H3. The minimum Gasteiger partial charge on any atom is -0.388 e. The zero-order valence-corrected chi connectivity index (χ0v) is 12.5. The van der Waals surface area contributed by atoms with Crippen LogP contribution in [0.3, 0.4) is 0 Å². The third kappa shape index (κ3) is 3.61. The highest BCUT2D eigenvalue weighted by Crippen LogP contribution is 2.21. The number of benzene rings is 2. The van der Waals surface area contributed by atoms with Crippen molar-refractivity contribution >= 4 is 5.69 Å². The average Bonchev–Trinajstić information content (AvgIpc) is 2.48. The van der Waals surface area contributed by atoms with Gasteiger partial charge in [-0.1, -0.05) is 36.4 Å². The molecule has 0 saturated heterocycles. The quantitative estimate of drug-likeness (QED) is 0.891. The normalized spacial score (nSPS) is 12.2. The number of rotatable bonds is 5. The lowest BCUT2D eigenvalue weighted by Gasteiger charge is -2.21. The van der Waals surface area contributed by atoms with Gasteiger partial charge in [-0.15, -0.1) is 0 Å². The van der Waals surface area contributed by atoms with E-state index in [4.69, 9.17) is 0 Å². The smallest absolute Gasteiger partial charge is 0.0807 e. The van der Waals surface area contributed by atoms with E-state index in [0.29, 0.717) is 0 Å². The Morgan fingerprint density at radius 3 is 2.35 bits per heavy atom. The van der Waals surface area contributed by atoms with Gasteiger partial charge in [0.2, 0.25) is 0 Å². The summed E-state index contributed by atoms with van der Waals surface area (Å²) in [6.07, 6.45) is 0.328. The second-order valence-electron chi connectivity index (χ2n) is 5.41. The number of para-hydroxylation sites is 1. The van der Waals surface area contributed by atoms with Crippen LogP contribution in [0.4, 0.5) is 5.69 Å². The van der Waals surface area contributed by atoms with Crippen LogP contribution < -0.4 is 4.90 Å². The van der Waals surface area contributed by atoms with Gasteiger partial charge in [0.05, 0.1) is 6.10 Å². The van der Waals surface area contributed by atoms with Crippen molar-refractivity contribution in [3.63, 3.8) is 0 Å². The molecule has 0 heterocycles. The second kappa shape index (κ2) is 6.58. The summed E-state index contributed by atoms with van der Waals surface area (Å²) in [6.45, 7) is 5.01. The van der Waals surface area contributed by atoms with Crippen LogP contribution in [0.2, 0.25) is 0 Å². The molecule has 2 rings (SSSR count). The molecule has 0 saturated carbocycles. The van der Waals surface area contributed by atoms with Crippen LogP contribution in [0.25, 0.3) is 0 Å². The molecular formula is C18H23NO. The molecule has 1 unspecified atom stereocenters. The molecule has 2 heteroatoms. The molecule has 1 atom stereocenters. The monoisotopic (exact) mass is 269 g/mol. The fraction of sp³-hybridized carbons (Fsp3) is 0.333. The molecular weight excluding hydrogens is 246 g/mol. The highest BCUT2D eigenvalue weighted by molar-refractivity contribution is 5.45. The predicted molar refractivity (Wildman–Crippen MR) is 85.2 cm³/mol. The highest BCUT2D eigenvalue weighted by atomic mass is 16.3. The molecule has 2 aromatic rings. The maximum Gasteiger partial charge on any atom is 0.0807 e. The van der Waals surface area contributed by atoms with Crippen LogP contribution in [0.1, 0.15) is 29.2 Å². The van der Waals surface area contributed by atoms with Crippen LogP contribution >= 0.6 is 0 Å². The first-order chi connectivity index (χ1) is 9.58. The summed E-state index contributed by atoms with van der Waals surface area (Å²) in [5, 5.41) is 10.3. The van der Waals surface area contributed by atoms with Crippen molar-refractivity contribution in [1.29, 1.82) is 0 Å². The number of aliphatic hydroxyl groups excluding tert-OH is 1. The van der Waals surface area contributed by atoms with E-state index >= 15 is 0 Å². The Balaban J connectivity index is 1.95. The molecule has 0 spiro atoms. The van der Waals surface area contributed by atoms with E-state index in [1.165, 1.54) is 16.8 Å².